The summed E-state index contributed by atoms with van der Waals surface area (Å²) in [7, 11) is -0.484. The molecule has 0 atom stereocenters. The number of nitrogens with zero attached hydrogens (tertiary/aromatic N) is 2. The minimum atomic E-state index is -0.484. The highest BCUT2D eigenvalue weighted by atomic mass is 32.2. The highest BCUT2D eigenvalue weighted by Crippen LogP contribution is 2.36. The predicted molar refractivity (Wildman–Crippen MR) is 97.2 cm³/mol. The fraction of sp³-hybridized carbons (Fsp3) is 0.500. The number of hydrazine groups is 1. The van der Waals surface area contributed by atoms with Crippen LogP contribution in [-0.2, 0) is 9.31 Å². The molecule has 0 aliphatic carbocycles. The van der Waals surface area contributed by atoms with E-state index < -0.39 is 18.3 Å². The Bertz CT molecular complexity index is 677. The highest BCUT2D eigenvalue weighted by Gasteiger charge is 2.52. The van der Waals surface area contributed by atoms with Crippen molar-refractivity contribution in [1.29, 1.82) is 0 Å². The van der Waals surface area contributed by atoms with Crippen molar-refractivity contribution >= 4 is 36.7 Å². The SMILES string of the molecule is Cc1ccc(C(=O)NN2N=CCS2)cc1B1OC(C)(C)C(C)(C)O1. The molecular formula is C16H22BN3O3S. The van der Waals surface area contributed by atoms with Crippen molar-refractivity contribution in [2.75, 3.05) is 5.75 Å². The van der Waals surface area contributed by atoms with Gasteiger partial charge in [0.05, 0.1) is 17.0 Å². The molecule has 0 radical (unpaired) electrons. The van der Waals surface area contributed by atoms with E-state index in [4.69, 9.17) is 9.31 Å². The van der Waals surface area contributed by atoms with E-state index in [2.05, 4.69) is 10.5 Å². The molecule has 3 rings (SSSR count). The second-order valence-corrected chi connectivity index (χ2v) is 7.90. The van der Waals surface area contributed by atoms with Crippen molar-refractivity contribution in [2.24, 2.45) is 5.10 Å². The monoisotopic (exact) mass is 347 g/mol. The number of carbonyl (C=O) groups excluding carboxylic acids is 1. The maximum atomic E-state index is 12.4. The van der Waals surface area contributed by atoms with Crippen molar-refractivity contribution < 1.29 is 14.1 Å². The summed E-state index contributed by atoms with van der Waals surface area (Å²) >= 11 is 1.43. The van der Waals surface area contributed by atoms with Gasteiger partial charge in [-0.1, -0.05) is 11.6 Å². The molecule has 6 nitrogen and oxygen atoms in total. The van der Waals surface area contributed by atoms with E-state index in [1.807, 2.05) is 46.8 Å². The Hall–Kier alpha value is -1.51. The number of benzene rings is 1. The van der Waals surface area contributed by atoms with Gasteiger partial charge in [0.25, 0.3) is 5.91 Å². The third-order valence-corrected chi connectivity index (χ3v) is 5.43. The highest BCUT2D eigenvalue weighted by molar-refractivity contribution is 7.97. The Morgan fingerprint density at radius 3 is 2.54 bits per heavy atom. The number of hydrogen-bond acceptors (Lipinski definition) is 6. The van der Waals surface area contributed by atoms with Crippen LogP contribution in [0, 0.1) is 6.92 Å². The predicted octanol–water partition coefficient (Wildman–Crippen LogP) is 1.89. The van der Waals surface area contributed by atoms with Crippen LogP contribution in [0.5, 0.6) is 0 Å². The maximum absolute atomic E-state index is 12.4. The summed E-state index contributed by atoms with van der Waals surface area (Å²) in [6, 6.07) is 5.54. The van der Waals surface area contributed by atoms with Crippen molar-refractivity contribution in [2.45, 2.75) is 45.8 Å². The number of aryl methyl sites for hydroxylation is 1. The van der Waals surface area contributed by atoms with Crippen LogP contribution in [-0.4, -0.2) is 40.7 Å². The molecule has 0 bridgehead atoms. The molecule has 1 fully saturated rings. The topological polar surface area (TPSA) is 63.2 Å². The molecule has 8 heteroatoms. The molecule has 0 saturated carbocycles. The zero-order valence-corrected chi connectivity index (χ0v) is 15.4. The van der Waals surface area contributed by atoms with E-state index >= 15 is 0 Å². The van der Waals surface area contributed by atoms with Gasteiger partial charge in [0.2, 0.25) is 0 Å². The van der Waals surface area contributed by atoms with Crippen LogP contribution in [0.2, 0.25) is 0 Å². The van der Waals surface area contributed by atoms with Crippen LogP contribution >= 0.6 is 11.9 Å². The van der Waals surface area contributed by atoms with E-state index in [-0.39, 0.29) is 5.91 Å². The van der Waals surface area contributed by atoms with E-state index in [1.165, 1.54) is 16.5 Å². The van der Waals surface area contributed by atoms with Crippen LogP contribution in [0.25, 0.3) is 0 Å². The smallest absolute Gasteiger partial charge is 0.399 e. The van der Waals surface area contributed by atoms with Crippen molar-refractivity contribution in [1.82, 2.24) is 9.95 Å². The molecule has 0 aromatic heterocycles. The number of nitrogens with one attached hydrogen (secondary N) is 1. The number of rotatable bonds is 3. The van der Waals surface area contributed by atoms with E-state index in [0.717, 1.165) is 16.8 Å². The van der Waals surface area contributed by atoms with Gasteiger partial charge in [0.15, 0.2) is 0 Å². The lowest BCUT2D eigenvalue weighted by Crippen LogP contribution is -2.41. The molecule has 1 saturated heterocycles. The lowest BCUT2D eigenvalue weighted by atomic mass is 9.75. The summed E-state index contributed by atoms with van der Waals surface area (Å²) in [6.45, 7) is 10.1. The molecule has 1 aromatic rings. The first-order valence-corrected chi connectivity index (χ1v) is 8.86. The third kappa shape index (κ3) is 3.18. The fourth-order valence-corrected chi connectivity index (χ4v) is 3.02. The van der Waals surface area contributed by atoms with E-state index in [0.29, 0.717) is 5.56 Å². The minimum Gasteiger partial charge on any atom is -0.399 e. The first kappa shape index (κ1) is 17.3. The molecule has 1 N–H and O–H groups in total. The lowest BCUT2D eigenvalue weighted by molar-refractivity contribution is 0.00578. The first-order valence-electron chi connectivity index (χ1n) is 7.92. The summed E-state index contributed by atoms with van der Waals surface area (Å²) in [6.07, 6.45) is 1.75. The molecule has 1 aromatic carbocycles. The second-order valence-electron chi connectivity index (χ2n) is 6.97. The normalized spacial score (nSPS) is 21.4. The fourth-order valence-electron chi connectivity index (χ4n) is 2.46. The van der Waals surface area contributed by atoms with Crippen LogP contribution in [0.15, 0.2) is 23.3 Å². The average Bonchev–Trinajstić information content (AvgIpc) is 3.05. The van der Waals surface area contributed by atoms with Gasteiger partial charge in [-0.2, -0.15) is 5.10 Å². The maximum Gasteiger partial charge on any atom is 0.495 e. The number of hydrazone groups is 1. The molecule has 0 unspecified atom stereocenters. The van der Waals surface area contributed by atoms with Crippen molar-refractivity contribution in [3.8, 4) is 0 Å². The Balaban J connectivity index is 1.82. The van der Waals surface area contributed by atoms with E-state index in [9.17, 15) is 4.79 Å². The van der Waals surface area contributed by atoms with Crippen LogP contribution in [0.3, 0.4) is 0 Å². The molecule has 0 spiro atoms. The summed E-state index contributed by atoms with van der Waals surface area (Å²) in [4.78, 5) is 12.4. The summed E-state index contributed by atoms with van der Waals surface area (Å²) in [5, 5.41) is 4.05. The Labute approximate surface area is 147 Å². The summed E-state index contributed by atoms with van der Waals surface area (Å²) in [5.41, 5.74) is 4.37. The second kappa shape index (κ2) is 6.09. The first-order chi connectivity index (χ1) is 11.2. The Kier molecular flexibility index (Phi) is 4.40. The average molecular weight is 347 g/mol. The molecule has 2 heterocycles. The van der Waals surface area contributed by atoms with Gasteiger partial charge in [-0.15, -0.1) is 4.52 Å². The molecule has 1 amide bonds. The minimum absolute atomic E-state index is 0.209. The van der Waals surface area contributed by atoms with Crippen LogP contribution in [0.4, 0.5) is 0 Å². The lowest BCUT2D eigenvalue weighted by Gasteiger charge is -2.32. The standard InChI is InChI=1S/C16H22BN3O3S/c1-11-6-7-12(14(21)19-20-18-8-9-24-20)10-13(11)17-22-15(2,3)16(4,5)23-17/h6-8,10H,9H2,1-5H3,(H,19,21). The molecule has 2 aliphatic heterocycles. The van der Waals surface area contributed by atoms with Crippen LogP contribution < -0.4 is 10.9 Å². The summed E-state index contributed by atoms with van der Waals surface area (Å²) in [5.74, 6) is 0.548. The Morgan fingerprint density at radius 2 is 1.96 bits per heavy atom. The molecule has 2 aliphatic rings. The number of amides is 1. The van der Waals surface area contributed by atoms with Gasteiger partial charge < -0.3 is 9.31 Å². The Morgan fingerprint density at radius 1 is 1.29 bits per heavy atom. The summed E-state index contributed by atoms with van der Waals surface area (Å²) < 4.78 is 13.7. The van der Waals surface area contributed by atoms with Gasteiger partial charge in [-0.25, -0.2) is 5.43 Å². The van der Waals surface area contributed by atoms with Crippen LogP contribution in [0.1, 0.15) is 43.6 Å². The van der Waals surface area contributed by atoms with Gasteiger partial charge in [0, 0.05) is 23.7 Å². The zero-order valence-electron chi connectivity index (χ0n) is 14.6. The number of hydrogen-bond donors (Lipinski definition) is 1. The quantitative estimate of drug-likeness (QED) is 0.668. The van der Waals surface area contributed by atoms with Crippen molar-refractivity contribution in [3.05, 3.63) is 29.3 Å². The van der Waals surface area contributed by atoms with Gasteiger partial charge >= 0.3 is 7.12 Å². The van der Waals surface area contributed by atoms with E-state index in [1.54, 1.807) is 12.3 Å². The van der Waals surface area contributed by atoms with Gasteiger partial charge in [0.1, 0.15) is 0 Å². The zero-order chi connectivity index (χ0) is 17.5. The van der Waals surface area contributed by atoms with Gasteiger partial charge in [-0.3, -0.25) is 4.79 Å². The van der Waals surface area contributed by atoms with Gasteiger partial charge in [-0.05, 0) is 52.2 Å². The van der Waals surface area contributed by atoms with Crippen molar-refractivity contribution in [3.63, 3.8) is 0 Å². The molecular weight excluding hydrogens is 325 g/mol. The third-order valence-electron chi connectivity index (χ3n) is 4.70. The molecule has 24 heavy (non-hydrogen) atoms. The largest absolute Gasteiger partial charge is 0.495 e. The number of carbonyl (C=O) groups is 1. The molecule has 128 valence electrons.